The number of sulfonamides is 1. The highest BCUT2D eigenvalue weighted by molar-refractivity contribution is 7.89. The van der Waals surface area contributed by atoms with Crippen LogP contribution in [0.25, 0.3) is 0 Å². The third-order valence-corrected chi connectivity index (χ3v) is 7.51. The first-order valence-electron chi connectivity index (χ1n) is 10.7. The lowest BCUT2D eigenvalue weighted by atomic mass is 10.1. The van der Waals surface area contributed by atoms with Crippen molar-refractivity contribution in [1.29, 1.82) is 0 Å². The molecule has 33 heavy (non-hydrogen) atoms. The third kappa shape index (κ3) is 7.05. The topological polar surface area (TPSA) is 66.5 Å². The largest absolute Gasteiger partial charge is 0.325 e. The maximum Gasteiger partial charge on any atom is 0.243 e. The molecule has 0 bridgehead atoms. The van der Waals surface area contributed by atoms with E-state index in [0.717, 1.165) is 23.6 Å². The van der Waals surface area contributed by atoms with Crippen molar-refractivity contribution in [3.8, 4) is 0 Å². The van der Waals surface area contributed by atoms with Crippen molar-refractivity contribution in [2.24, 2.45) is 0 Å². The van der Waals surface area contributed by atoms with Gasteiger partial charge < -0.3 is 5.32 Å². The zero-order valence-electron chi connectivity index (χ0n) is 18.3. The highest BCUT2D eigenvalue weighted by Gasteiger charge is 2.27. The number of benzene rings is 3. The summed E-state index contributed by atoms with van der Waals surface area (Å²) in [7, 11) is -3.95. The Kier molecular flexibility index (Phi) is 8.92. The summed E-state index contributed by atoms with van der Waals surface area (Å²) < 4.78 is 27.8. The van der Waals surface area contributed by atoms with E-state index in [-0.39, 0.29) is 18.0 Å². The maximum absolute atomic E-state index is 13.3. The number of amides is 1. The van der Waals surface area contributed by atoms with Crippen molar-refractivity contribution in [2.75, 3.05) is 11.9 Å². The monoisotopic (exact) mass is 504 g/mol. The molecule has 0 fully saturated rings. The van der Waals surface area contributed by atoms with E-state index in [2.05, 4.69) is 12.2 Å². The Labute approximate surface area is 205 Å². The first-order chi connectivity index (χ1) is 15.8. The predicted molar refractivity (Wildman–Crippen MR) is 134 cm³/mol. The number of nitrogens with one attached hydrogen (secondary N) is 1. The first kappa shape index (κ1) is 25.2. The summed E-state index contributed by atoms with van der Waals surface area (Å²) in [4.78, 5) is 12.9. The van der Waals surface area contributed by atoms with Gasteiger partial charge in [0, 0.05) is 22.3 Å². The molecule has 3 rings (SSSR count). The lowest BCUT2D eigenvalue weighted by Crippen LogP contribution is -2.37. The molecule has 1 amide bonds. The number of hydrogen-bond acceptors (Lipinski definition) is 3. The molecule has 0 unspecified atom stereocenters. The molecule has 0 atom stereocenters. The molecule has 0 aliphatic carbocycles. The highest BCUT2D eigenvalue weighted by Crippen LogP contribution is 2.25. The predicted octanol–water partition coefficient (Wildman–Crippen LogP) is 6.17. The second-order valence-electron chi connectivity index (χ2n) is 7.67. The molecule has 3 aromatic carbocycles. The van der Waals surface area contributed by atoms with E-state index in [1.54, 1.807) is 36.4 Å². The molecular formula is C25H26Cl2N2O3S. The van der Waals surface area contributed by atoms with Gasteiger partial charge in [0.2, 0.25) is 15.9 Å². The van der Waals surface area contributed by atoms with Crippen molar-refractivity contribution in [3.05, 3.63) is 94.0 Å². The fourth-order valence-electron chi connectivity index (χ4n) is 3.30. The van der Waals surface area contributed by atoms with E-state index >= 15 is 0 Å². The number of rotatable bonds is 10. The minimum atomic E-state index is -3.95. The van der Waals surface area contributed by atoms with Gasteiger partial charge in [0.1, 0.15) is 0 Å². The first-order valence-corrected chi connectivity index (χ1v) is 12.9. The fraction of sp³-hybridized carbons (Fsp3) is 0.240. The number of aryl methyl sites for hydroxylation is 1. The fourth-order valence-corrected chi connectivity index (χ4v) is 5.17. The summed E-state index contributed by atoms with van der Waals surface area (Å²) in [5.41, 5.74) is 2.36. The van der Waals surface area contributed by atoms with Crippen LogP contribution in [0, 0.1) is 0 Å². The van der Waals surface area contributed by atoms with Crippen LogP contribution in [0.5, 0.6) is 0 Å². The summed E-state index contributed by atoms with van der Waals surface area (Å²) in [5.74, 6) is -0.444. The molecule has 0 radical (unpaired) electrons. The van der Waals surface area contributed by atoms with Crippen molar-refractivity contribution in [3.63, 3.8) is 0 Å². The average molecular weight is 505 g/mol. The Morgan fingerprint density at radius 1 is 0.970 bits per heavy atom. The summed E-state index contributed by atoms with van der Waals surface area (Å²) in [6.45, 7) is 1.70. The van der Waals surface area contributed by atoms with Gasteiger partial charge in [0.05, 0.1) is 11.4 Å². The van der Waals surface area contributed by atoms with Crippen LogP contribution in [0.2, 0.25) is 10.0 Å². The SMILES string of the molecule is CCCCc1ccc(NC(=O)CN(Cc2ccc(Cl)cc2Cl)S(=O)(=O)c2ccccc2)cc1. The minimum absolute atomic E-state index is 0.0728. The number of carbonyl (C=O) groups is 1. The van der Waals surface area contributed by atoms with Gasteiger partial charge >= 0.3 is 0 Å². The number of unbranched alkanes of at least 4 members (excludes halogenated alkanes) is 1. The van der Waals surface area contributed by atoms with Crippen LogP contribution in [0.15, 0.2) is 77.7 Å². The second kappa shape index (κ2) is 11.7. The van der Waals surface area contributed by atoms with E-state index in [9.17, 15) is 13.2 Å². The average Bonchev–Trinajstić information content (AvgIpc) is 2.80. The molecule has 0 heterocycles. The minimum Gasteiger partial charge on any atom is -0.325 e. The molecule has 0 aromatic heterocycles. The second-order valence-corrected chi connectivity index (χ2v) is 10.5. The number of nitrogens with zero attached hydrogens (tertiary/aromatic N) is 1. The molecular weight excluding hydrogens is 479 g/mol. The van der Waals surface area contributed by atoms with Crippen LogP contribution in [0.3, 0.4) is 0 Å². The van der Waals surface area contributed by atoms with E-state index in [4.69, 9.17) is 23.2 Å². The van der Waals surface area contributed by atoms with Gasteiger partial charge in [0.15, 0.2) is 0 Å². The lowest BCUT2D eigenvalue weighted by Gasteiger charge is -2.22. The number of halogens is 2. The third-order valence-electron chi connectivity index (χ3n) is 5.12. The van der Waals surface area contributed by atoms with Gasteiger partial charge in [-0.25, -0.2) is 8.42 Å². The summed E-state index contributed by atoms with van der Waals surface area (Å²) in [6, 6.07) is 20.4. The molecule has 0 aliphatic rings. The number of hydrogen-bond donors (Lipinski definition) is 1. The van der Waals surface area contributed by atoms with Crippen LogP contribution in [0.1, 0.15) is 30.9 Å². The van der Waals surface area contributed by atoms with Crippen molar-refractivity contribution < 1.29 is 13.2 Å². The van der Waals surface area contributed by atoms with Gasteiger partial charge in [-0.15, -0.1) is 0 Å². The number of anilines is 1. The van der Waals surface area contributed by atoms with Crippen LogP contribution in [0.4, 0.5) is 5.69 Å². The summed E-state index contributed by atoms with van der Waals surface area (Å²) >= 11 is 12.3. The van der Waals surface area contributed by atoms with E-state index in [0.29, 0.717) is 21.3 Å². The van der Waals surface area contributed by atoms with Crippen LogP contribution >= 0.6 is 23.2 Å². The van der Waals surface area contributed by atoms with Crippen LogP contribution in [-0.4, -0.2) is 25.2 Å². The lowest BCUT2D eigenvalue weighted by molar-refractivity contribution is -0.116. The molecule has 1 N–H and O–H groups in total. The Hall–Kier alpha value is -2.38. The Morgan fingerprint density at radius 2 is 1.67 bits per heavy atom. The smallest absolute Gasteiger partial charge is 0.243 e. The van der Waals surface area contributed by atoms with Gasteiger partial charge in [-0.05, 0) is 60.4 Å². The van der Waals surface area contributed by atoms with Gasteiger partial charge in [-0.3, -0.25) is 4.79 Å². The zero-order chi connectivity index (χ0) is 23.8. The Balaban J connectivity index is 1.80. The summed E-state index contributed by atoms with van der Waals surface area (Å²) in [6.07, 6.45) is 3.20. The highest BCUT2D eigenvalue weighted by atomic mass is 35.5. The Morgan fingerprint density at radius 3 is 2.30 bits per heavy atom. The van der Waals surface area contributed by atoms with Crippen LogP contribution in [-0.2, 0) is 27.8 Å². The standard InChI is InChI=1S/C25H26Cl2N2O3S/c1-2-3-7-19-10-14-22(15-11-19)28-25(30)18-29(17-20-12-13-21(26)16-24(20)27)33(31,32)23-8-5-4-6-9-23/h4-6,8-16H,2-3,7,17-18H2,1H3,(H,28,30). The molecule has 0 aliphatic heterocycles. The van der Waals surface area contributed by atoms with Gasteiger partial charge in [-0.2, -0.15) is 4.31 Å². The Bertz CT molecular complexity index is 1180. The van der Waals surface area contributed by atoms with E-state index in [1.807, 2.05) is 24.3 Å². The summed E-state index contributed by atoms with van der Waals surface area (Å²) in [5, 5.41) is 3.57. The molecule has 8 heteroatoms. The van der Waals surface area contributed by atoms with Crippen LogP contribution < -0.4 is 5.32 Å². The molecule has 0 spiro atoms. The zero-order valence-corrected chi connectivity index (χ0v) is 20.6. The maximum atomic E-state index is 13.3. The molecule has 0 saturated heterocycles. The molecule has 3 aromatic rings. The molecule has 174 valence electrons. The van der Waals surface area contributed by atoms with Gasteiger partial charge in [-0.1, -0.05) is 72.9 Å². The van der Waals surface area contributed by atoms with Crippen molar-refractivity contribution in [2.45, 2.75) is 37.6 Å². The molecule has 0 saturated carbocycles. The normalized spacial score (nSPS) is 11.5. The van der Waals surface area contributed by atoms with E-state index in [1.165, 1.54) is 17.7 Å². The van der Waals surface area contributed by atoms with Gasteiger partial charge in [0.25, 0.3) is 0 Å². The van der Waals surface area contributed by atoms with Crippen molar-refractivity contribution >= 4 is 44.8 Å². The molecule has 5 nitrogen and oxygen atoms in total. The van der Waals surface area contributed by atoms with E-state index < -0.39 is 15.9 Å². The van der Waals surface area contributed by atoms with Crippen molar-refractivity contribution in [1.82, 2.24) is 4.31 Å². The quantitative estimate of drug-likeness (QED) is 0.359. The number of carbonyl (C=O) groups excluding carboxylic acids is 1.